The number of H-pyrrole nitrogens is 1. The van der Waals surface area contributed by atoms with Gasteiger partial charge in [0, 0.05) is 16.7 Å². The first kappa shape index (κ1) is 19.5. The topological polar surface area (TPSA) is 64.2 Å². The fourth-order valence-electron chi connectivity index (χ4n) is 2.91. The molecule has 0 spiro atoms. The zero-order chi connectivity index (χ0) is 20.2. The third-order valence-corrected chi connectivity index (χ3v) is 6.14. The highest BCUT2D eigenvalue weighted by Crippen LogP contribution is 2.31. The number of nitrogens with one attached hydrogen (secondary N) is 1. The Balaban J connectivity index is 1.43. The van der Waals surface area contributed by atoms with Crippen molar-refractivity contribution < 1.29 is 9.47 Å². The zero-order valence-electron chi connectivity index (χ0n) is 16.1. The van der Waals surface area contributed by atoms with E-state index in [9.17, 15) is 4.79 Å². The molecular formula is C22H20N2O3S2. The van der Waals surface area contributed by atoms with Crippen molar-refractivity contribution >= 4 is 33.3 Å². The summed E-state index contributed by atoms with van der Waals surface area (Å²) in [6.45, 7) is 2.56. The highest BCUT2D eigenvalue weighted by Gasteiger charge is 2.13. The Morgan fingerprint density at radius 2 is 1.79 bits per heavy atom. The number of rotatable bonds is 7. The van der Waals surface area contributed by atoms with Crippen molar-refractivity contribution in [2.45, 2.75) is 12.1 Å². The molecule has 0 saturated carbocycles. The van der Waals surface area contributed by atoms with Crippen LogP contribution in [-0.2, 0) is 0 Å². The summed E-state index contributed by atoms with van der Waals surface area (Å²) in [4.78, 5) is 21.0. The molecule has 0 unspecified atom stereocenters. The maximum absolute atomic E-state index is 12.7. The Morgan fingerprint density at radius 1 is 1.07 bits per heavy atom. The number of thioether (sulfide) groups is 1. The number of aryl methyl sites for hydroxylation is 1. The lowest BCUT2D eigenvalue weighted by Gasteiger charge is -2.07. The molecule has 29 heavy (non-hydrogen) atoms. The van der Waals surface area contributed by atoms with Crippen LogP contribution in [0, 0.1) is 6.92 Å². The molecule has 4 aromatic rings. The summed E-state index contributed by atoms with van der Waals surface area (Å²) in [6, 6.07) is 15.6. The van der Waals surface area contributed by atoms with Gasteiger partial charge >= 0.3 is 0 Å². The van der Waals surface area contributed by atoms with E-state index in [4.69, 9.17) is 9.47 Å². The number of ether oxygens (including phenoxy) is 2. The second-order valence-electron chi connectivity index (χ2n) is 6.44. The van der Waals surface area contributed by atoms with Crippen LogP contribution >= 0.6 is 23.1 Å². The second-order valence-corrected chi connectivity index (χ2v) is 8.38. The standard InChI is InChI=1S/C22H20N2O3S2/c1-14-3-5-15(6-4-14)18-13-29-21-19(18)20(25)23-22(24-21)28-12-11-27-17-9-7-16(26-2)8-10-17/h3-10,13H,11-12H2,1-2H3,(H,23,24,25). The van der Waals surface area contributed by atoms with Gasteiger partial charge in [-0.2, -0.15) is 0 Å². The number of hydrogen-bond donors (Lipinski definition) is 1. The molecule has 4 rings (SSSR count). The molecule has 0 aliphatic heterocycles. The number of thiophene rings is 1. The van der Waals surface area contributed by atoms with Gasteiger partial charge in [-0.1, -0.05) is 41.6 Å². The van der Waals surface area contributed by atoms with Gasteiger partial charge in [-0.05, 0) is 36.8 Å². The van der Waals surface area contributed by atoms with Crippen molar-refractivity contribution in [1.82, 2.24) is 9.97 Å². The predicted molar refractivity (Wildman–Crippen MR) is 120 cm³/mol. The van der Waals surface area contributed by atoms with E-state index < -0.39 is 0 Å². The average molecular weight is 425 g/mol. The summed E-state index contributed by atoms with van der Waals surface area (Å²) >= 11 is 2.97. The highest BCUT2D eigenvalue weighted by molar-refractivity contribution is 7.99. The largest absolute Gasteiger partial charge is 0.497 e. The van der Waals surface area contributed by atoms with Crippen molar-refractivity contribution in [3.63, 3.8) is 0 Å². The Hall–Kier alpha value is -2.77. The monoisotopic (exact) mass is 424 g/mol. The molecule has 0 aliphatic rings. The van der Waals surface area contributed by atoms with E-state index in [1.807, 2.05) is 60.8 Å². The number of methoxy groups -OCH3 is 1. The van der Waals surface area contributed by atoms with Crippen molar-refractivity contribution in [2.24, 2.45) is 0 Å². The van der Waals surface area contributed by atoms with Gasteiger partial charge in [-0.25, -0.2) is 4.98 Å². The van der Waals surface area contributed by atoms with Gasteiger partial charge in [0.25, 0.3) is 5.56 Å². The van der Waals surface area contributed by atoms with Crippen LogP contribution in [0.5, 0.6) is 11.5 Å². The normalized spacial score (nSPS) is 11.0. The number of fused-ring (bicyclic) bond motifs is 1. The summed E-state index contributed by atoms with van der Waals surface area (Å²) in [5.74, 6) is 2.25. The minimum atomic E-state index is -0.106. The summed E-state index contributed by atoms with van der Waals surface area (Å²) in [5.41, 5.74) is 3.04. The Labute approximate surface area is 176 Å². The van der Waals surface area contributed by atoms with E-state index in [1.54, 1.807) is 7.11 Å². The van der Waals surface area contributed by atoms with E-state index in [1.165, 1.54) is 28.7 Å². The first-order chi connectivity index (χ1) is 14.1. The minimum Gasteiger partial charge on any atom is -0.497 e. The number of benzene rings is 2. The average Bonchev–Trinajstić information content (AvgIpc) is 3.17. The third-order valence-electron chi connectivity index (χ3n) is 4.44. The van der Waals surface area contributed by atoms with Crippen LogP contribution in [0.1, 0.15) is 5.56 Å². The number of nitrogens with zero attached hydrogens (tertiary/aromatic N) is 1. The van der Waals surface area contributed by atoms with E-state index >= 15 is 0 Å². The molecule has 0 aliphatic carbocycles. The van der Waals surface area contributed by atoms with Crippen LogP contribution in [0.4, 0.5) is 0 Å². The summed E-state index contributed by atoms with van der Waals surface area (Å²) in [7, 11) is 1.63. The van der Waals surface area contributed by atoms with E-state index in [0.29, 0.717) is 22.9 Å². The third kappa shape index (κ3) is 4.46. The maximum atomic E-state index is 12.7. The summed E-state index contributed by atoms with van der Waals surface area (Å²) < 4.78 is 10.9. The molecule has 7 heteroatoms. The van der Waals surface area contributed by atoms with Gasteiger partial charge in [0.05, 0.1) is 19.1 Å². The lowest BCUT2D eigenvalue weighted by atomic mass is 10.1. The molecule has 0 saturated heterocycles. The van der Waals surface area contributed by atoms with Crippen LogP contribution < -0.4 is 15.0 Å². The van der Waals surface area contributed by atoms with Crippen molar-refractivity contribution in [3.8, 4) is 22.6 Å². The fraction of sp³-hybridized carbons (Fsp3) is 0.182. The van der Waals surface area contributed by atoms with Crippen molar-refractivity contribution in [2.75, 3.05) is 19.5 Å². The van der Waals surface area contributed by atoms with Gasteiger partial charge in [-0.15, -0.1) is 11.3 Å². The molecule has 0 atom stereocenters. The summed E-state index contributed by atoms with van der Waals surface area (Å²) in [6.07, 6.45) is 0. The van der Waals surface area contributed by atoms with Gasteiger partial charge < -0.3 is 14.5 Å². The van der Waals surface area contributed by atoms with Crippen LogP contribution in [-0.4, -0.2) is 29.4 Å². The lowest BCUT2D eigenvalue weighted by molar-refractivity contribution is 0.342. The molecule has 0 radical (unpaired) electrons. The first-order valence-corrected chi connectivity index (χ1v) is 11.0. The molecule has 2 aromatic carbocycles. The number of aromatic nitrogens is 2. The molecule has 0 bridgehead atoms. The molecule has 1 N–H and O–H groups in total. The van der Waals surface area contributed by atoms with E-state index in [0.717, 1.165) is 27.5 Å². The predicted octanol–water partition coefficient (Wildman–Crippen LogP) is 5.14. The summed E-state index contributed by atoms with van der Waals surface area (Å²) in [5, 5.41) is 3.26. The van der Waals surface area contributed by atoms with E-state index in [2.05, 4.69) is 9.97 Å². The van der Waals surface area contributed by atoms with Gasteiger partial charge in [0.15, 0.2) is 5.16 Å². The molecule has 5 nitrogen and oxygen atoms in total. The Morgan fingerprint density at radius 3 is 2.52 bits per heavy atom. The maximum Gasteiger partial charge on any atom is 0.260 e. The van der Waals surface area contributed by atoms with Gasteiger partial charge in [0.1, 0.15) is 16.3 Å². The highest BCUT2D eigenvalue weighted by atomic mass is 32.2. The molecular weight excluding hydrogens is 404 g/mol. The van der Waals surface area contributed by atoms with Gasteiger partial charge in [-0.3, -0.25) is 4.79 Å². The molecule has 0 fully saturated rings. The van der Waals surface area contributed by atoms with Crippen LogP contribution in [0.25, 0.3) is 21.3 Å². The van der Waals surface area contributed by atoms with Crippen LogP contribution in [0.2, 0.25) is 0 Å². The quantitative estimate of drug-likeness (QED) is 0.253. The van der Waals surface area contributed by atoms with Crippen LogP contribution in [0.3, 0.4) is 0 Å². The van der Waals surface area contributed by atoms with E-state index in [-0.39, 0.29) is 5.56 Å². The first-order valence-electron chi connectivity index (χ1n) is 9.12. The second kappa shape index (κ2) is 8.71. The molecule has 148 valence electrons. The number of hydrogen-bond acceptors (Lipinski definition) is 6. The van der Waals surface area contributed by atoms with Gasteiger partial charge in [0.2, 0.25) is 0 Å². The number of aromatic amines is 1. The Kier molecular flexibility index (Phi) is 5.87. The Bertz CT molecular complexity index is 1170. The molecule has 0 amide bonds. The fourth-order valence-corrected chi connectivity index (χ4v) is 4.60. The lowest BCUT2D eigenvalue weighted by Crippen LogP contribution is -2.09. The van der Waals surface area contributed by atoms with Crippen molar-refractivity contribution in [3.05, 3.63) is 69.8 Å². The van der Waals surface area contributed by atoms with Crippen LogP contribution in [0.15, 0.2) is 63.9 Å². The minimum absolute atomic E-state index is 0.106. The smallest absolute Gasteiger partial charge is 0.260 e. The molecule has 2 heterocycles. The van der Waals surface area contributed by atoms with Crippen molar-refractivity contribution in [1.29, 1.82) is 0 Å². The zero-order valence-corrected chi connectivity index (χ0v) is 17.7. The molecule has 2 aromatic heterocycles. The SMILES string of the molecule is COc1ccc(OCCSc2nc3scc(-c4ccc(C)cc4)c3c(=O)[nH]2)cc1.